The number of unbranched alkanes of at least 4 members (excludes halogenated alkanes) is 5. The van der Waals surface area contributed by atoms with Crippen molar-refractivity contribution in [2.75, 3.05) is 6.61 Å². The summed E-state index contributed by atoms with van der Waals surface area (Å²) >= 11 is 0. The molecule has 316 valence electrons. The van der Waals surface area contributed by atoms with E-state index in [2.05, 4.69) is 84.1 Å². The molecule has 0 amide bonds. The van der Waals surface area contributed by atoms with E-state index in [1.54, 1.807) is 36.4 Å². The van der Waals surface area contributed by atoms with Crippen molar-refractivity contribution in [2.24, 2.45) is 0 Å². The van der Waals surface area contributed by atoms with Gasteiger partial charge in [0.2, 0.25) is 0 Å². The van der Waals surface area contributed by atoms with Gasteiger partial charge < -0.3 is 29.6 Å². The Labute approximate surface area is 368 Å². The zero-order valence-corrected chi connectivity index (χ0v) is 35.8. The monoisotopic (exact) mass is 832 g/mol. The highest BCUT2D eigenvalue weighted by molar-refractivity contribution is 6.00. The van der Waals surface area contributed by atoms with Crippen molar-refractivity contribution in [3.8, 4) is 67.5 Å². The number of ether oxygens (including phenoxy) is 1. The van der Waals surface area contributed by atoms with E-state index < -0.39 is 0 Å². The van der Waals surface area contributed by atoms with E-state index in [0.29, 0.717) is 13.2 Å². The lowest BCUT2D eigenvalue weighted by Crippen LogP contribution is -2.00. The number of hydrogen-bond donors (Lipinski definition) is 4. The average molecular weight is 833 g/mol. The lowest BCUT2D eigenvalue weighted by molar-refractivity contribution is 0.304. The lowest BCUT2D eigenvalue weighted by atomic mass is 10.0. The molecule has 0 aliphatic carbocycles. The minimum atomic E-state index is 0.183. The maximum absolute atomic E-state index is 10.4. The first-order valence-electron chi connectivity index (χ1n) is 22.2. The molecule has 0 unspecified atom stereocenters. The van der Waals surface area contributed by atoms with Gasteiger partial charge in [0.25, 0.3) is 0 Å². The molecule has 8 nitrogen and oxygen atoms in total. The van der Waals surface area contributed by atoms with E-state index in [0.717, 1.165) is 108 Å². The van der Waals surface area contributed by atoms with Crippen LogP contribution in [-0.4, -0.2) is 41.4 Å². The minimum absolute atomic E-state index is 0.183. The maximum Gasteiger partial charge on any atom is 0.119 e. The number of fused-ring (bicyclic) bond motifs is 8. The van der Waals surface area contributed by atoms with Crippen LogP contribution in [-0.2, 0) is 6.54 Å². The fourth-order valence-corrected chi connectivity index (χ4v) is 8.75. The van der Waals surface area contributed by atoms with Gasteiger partial charge in [-0.15, -0.1) is 0 Å². The third-order valence-corrected chi connectivity index (χ3v) is 11.8. The number of aryl methyl sites for hydroxylation is 1. The summed E-state index contributed by atoms with van der Waals surface area (Å²) in [6.45, 7) is 5.81. The molecule has 7 aromatic rings. The Kier molecular flexibility index (Phi) is 12.0. The number of aromatic nitrogens is 4. The van der Waals surface area contributed by atoms with Crippen LogP contribution in [0, 0.1) is 0 Å². The standard InChI is InChI=1S/C55H52N4O4/c1-3-5-6-7-8-9-35-63-43-24-16-37(17-25-43)53-45-27-26-44(56-45)52(36-10-18-40(60)19-11-36)46-28-30-48(57-46)54(38-12-20-41(61)21-13-38)50-32-33-51(59(50)34-4-2)55(49-31-29-47(53)58-49)39-14-22-42(62)23-15-39/h10-33,56,60-62H,3-9,34-35H2,1-2H3. The Bertz CT molecular complexity index is 2980. The molecule has 0 atom stereocenters. The van der Waals surface area contributed by atoms with Crippen molar-refractivity contribution in [3.05, 3.63) is 144 Å². The summed E-state index contributed by atoms with van der Waals surface area (Å²) in [4.78, 5) is 14.7. The van der Waals surface area contributed by atoms with Gasteiger partial charge in [-0.1, -0.05) is 94.5 Å². The Hall–Kier alpha value is -7.32. The highest BCUT2D eigenvalue weighted by Gasteiger charge is 2.21. The topological polar surface area (TPSA) is 116 Å². The molecular formula is C55H52N4O4. The Morgan fingerprint density at radius 3 is 1.29 bits per heavy atom. The molecule has 8 heteroatoms. The molecule has 2 aliphatic heterocycles. The molecule has 0 radical (unpaired) electrons. The predicted molar refractivity (Wildman–Crippen MR) is 258 cm³/mol. The molecule has 9 rings (SSSR count). The van der Waals surface area contributed by atoms with Gasteiger partial charge in [0, 0.05) is 39.8 Å². The smallest absolute Gasteiger partial charge is 0.119 e. The Morgan fingerprint density at radius 2 is 0.841 bits per heavy atom. The zero-order valence-electron chi connectivity index (χ0n) is 35.8. The van der Waals surface area contributed by atoms with Crippen LogP contribution in [0.5, 0.6) is 23.0 Å². The van der Waals surface area contributed by atoms with E-state index in [-0.39, 0.29) is 17.2 Å². The van der Waals surface area contributed by atoms with Crippen molar-refractivity contribution in [1.82, 2.24) is 19.5 Å². The molecule has 2 aliphatic rings. The summed E-state index contributed by atoms with van der Waals surface area (Å²) < 4.78 is 8.56. The Balaban J connectivity index is 1.34. The summed E-state index contributed by atoms with van der Waals surface area (Å²) in [6, 6.07) is 38.7. The van der Waals surface area contributed by atoms with Gasteiger partial charge in [-0.3, -0.25) is 0 Å². The number of phenols is 3. The highest BCUT2D eigenvalue weighted by Crippen LogP contribution is 2.40. The summed E-state index contributed by atoms with van der Waals surface area (Å²) in [5, 5.41) is 31.1. The number of benzene rings is 4. The Morgan fingerprint density at radius 1 is 0.444 bits per heavy atom. The quantitative estimate of drug-likeness (QED) is 0.0811. The molecule has 63 heavy (non-hydrogen) atoms. The number of rotatable bonds is 14. The average Bonchev–Trinajstić information content (AvgIpc) is 4.14. The molecule has 0 spiro atoms. The van der Waals surface area contributed by atoms with Crippen LogP contribution in [0.1, 0.15) is 81.6 Å². The van der Waals surface area contributed by atoms with E-state index in [1.807, 2.05) is 48.5 Å². The van der Waals surface area contributed by atoms with Gasteiger partial charge in [0.1, 0.15) is 23.0 Å². The summed E-state index contributed by atoms with van der Waals surface area (Å²) in [5.74, 6) is 1.39. The van der Waals surface area contributed by atoms with Crippen LogP contribution in [0.4, 0.5) is 0 Å². The van der Waals surface area contributed by atoms with Crippen LogP contribution in [0.15, 0.2) is 121 Å². The molecule has 0 saturated heterocycles. The van der Waals surface area contributed by atoms with Crippen molar-refractivity contribution in [1.29, 1.82) is 0 Å². The number of phenolic OH excluding ortho intramolecular Hbond substituents is 3. The first-order valence-corrected chi connectivity index (χ1v) is 22.2. The minimum Gasteiger partial charge on any atom is -0.508 e. The van der Waals surface area contributed by atoms with Crippen molar-refractivity contribution >= 4 is 46.4 Å². The first-order chi connectivity index (χ1) is 30.9. The predicted octanol–water partition coefficient (Wildman–Crippen LogP) is 14.1. The molecule has 4 N–H and O–H groups in total. The fraction of sp³-hybridized carbons (Fsp3) is 0.200. The SMILES string of the molecule is CCCCCCCCOc1ccc(-c2c3nc(c(-c4ccc(O)cc4)c4ccc(c(-c5ccc(O)cc5)c5nc(c(-c6ccc(O)cc6)c6ccc2[nH]6)C=C5)n4CCC)C=C3)cc1. The number of aromatic amines is 1. The van der Waals surface area contributed by atoms with E-state index in [1.165, 1.54) is 32.1 Å². The molecule has 8 bridgehead atoms. The van der Waals surface area contributed by atoms with Gasteiger partial charge in [0.15, 0.2) is 0 Å². The second-order valence-electron chi connectivity index (χ2n) is 16.3. The molecule has 0 saturated carbocycles. The first kappa shape index (κ1) is 41.1. The third kappa shape index (κ3) is 8.62. The summed E-state index contributed by atoms with van der Waals surface area (Å²) in [5.41, 5.74) is 14.2. The molecule has 0 fully saturated rings. The van der Waals surface area contributed by atoms with Gasteiger partial charge in [-0.05, 0) is 132 Å². The van der Waals surface area contributed by atoms with Crippen LogP contribution in [0.3, 0.4) is 0 Å². The molecular weight excluding hydrogens is 781 g/mol. The molecule has 3 aromatic heterocycles. The fourth-order valence-electron chi connectivity index (χ4n) is 8.75. The second kappa shape index (κ2) is 18.3. The summed E-state index contributed by atoms with van der Waals surface area (Å²) in [6.07, 6.45) is 16.4. The van der Waals surface area contributed by atoms with Gasteiger partial charge in [-0.25, -0.2) is 9.97 Å². The number of H-pyrrole nitrogens is 1. The molecule has 4 aromatic carbocycles. The number of nitrogens with zero attached hydrogens (tertiary/aromatic N) is 3. The summed E-state index contributed by atoms with van der Waals surface area (Å²) in [7, 11) is 0. The zero-order chi connectivity index (χ0) is 43.3. The van der Waals surface area contributed by atoms with Crippen LogP contribution < -0.4 is 4.74 Å². The van der Waals surface area contributed by atoms with E-state index in [9.17, 15) is 15.3 Å². The van der Waals surface area contributed by atoms with Gasteiger partial charge in [-0.2, -0.15) is 0 Å². The maximum atomic E-state index is 10.4. The van der Waals surface area contributed by atoms with Crippen LogP contribution in [0.25, 0.3) is 90.9 Å². The normalized spacial score (nSPS) is 12.0. The largest absolute Gasteiger partial charge is 0.508 e. The van der Waals surface area contributed by atoms with E-state index in [4.69, 9.17) is 14.7 Å². The van der Waals surface area contributed by atoms with Crippen molar-refractivity contribution in [3.63, 3.8) is 0 Å². The number of nitrogens with one attached hydrogen (secondary N) is 1. The number of aromatic hydroxyl groups is 3. The highest BCUT2D eigenvalue weighted by atomic mass is 16.5. The second-order valence-corrected chi connectivity index (χ2v) is 16.3. The van der Waals surface area contributed by atoms with E-state index >= 15 is 0 Å². The van der Waals surface area contributed by atoms with Crippen LogP contribution in [0.2, 0.25) is 0 Å². The van der Waals surface area contributed by atoms with Gasteiger partial charge in [0.05, 0.1) is 40.4 Å². The lowest BCUT2D eigenvalue weighted by Gasteiger charge is -2.13. The van der Waals surface area contributed by atoms with Crippen LogP contribution >= 0.6 is 0 Å². The third-order valence-electron chi connectivity index (χ3n) is 11.8. The number of hydrogen-bond acceptors (Lipinski definition) is 6. The van der Waals surface area contributed by atoms with Crippen molar-refractivity contribution < 1.29 is 20.1 Å². The van der Waals surface area contributed by atoms with Gasteiger partial charge >= 0.3 is 0 Å². The van der Waals surface area contributed by atoms with Crippen molar-refractivity contribution in [2.45, 2.75) is 65.3 Å². The molecule has 5 heterocycles.